The molecule has 0 bridgehead atoms. The highest BCUT2D eigenvalue weighted by Gasteiger charge is 2.15. The van der Waals surface area contributed by atoms with Gasteiger partial charge in [0.2, 0.25) is 0 Å². The standard InChI is InChI=1S/C14H23N5O/c1-3-16-14(20)11-4-5-12(15)13(10-11)17-19-8-6-18(2)7-9-19/h4-5,10,17H,3,6-9,15H2,1-2H3,(H,16,20). The Balaban J connectivity index is 2.06. The maximum Gasteiger partial charge on any atom is 0.251 e. The number of carbonyl (C=O) groups excluding carboxylic acids is 1. The number of nitrogen functional groups attached to an aromatic ring is 1. The van der Waals surface area contributed by atoms with E-state index in [1.165, 1.54) is 0 Å². The van der Waals surface area contributed by atoms with E-state index in [-0.39, 0.29) is 5.91 Å². The molecule has 1 aliphatic rings. The van der Waals surface area contributed by atoms with Crippen LogP contribution in [-0.4, -0.2) is 55.6 Å². The lowest BCUT2D eigenvalue weighted by molar-refractivity contribution is 0.0956. The Morgan fingerprint density at radius 1 is 1.30 bits per heavy atom. The van der Waals surface area contributed by atoms with Crippen molar-refractivity contribution in [2.45, 2.75) is 6.92 Å². The fourth-order valence-electron chi connectivity index (χ4n) is 2.15. The van der Waals surface area contributed by atoms with Crippen molar-refractivity contribution in [3.05, 3.63) is 23.8 Å². The highest BCUT2D eigenvalue weighted by molar-refractivity contribution is 5.96. The number of anilines is 2. The Morgan fingerprint density at radius 2 is 2.00 bits per heavy atom. The molecule has 1 saturated heterocycles. The van der Waals surface area contributed by atoms with Gasteiger partial charge in [-0.3, -0.25) is 4.79 Å². The molecule has 1 amide bonds. The van der Waals surface area contributed by atoms with Crippen LogP contribution in [0.4, 0.5) is 11.4 Å². The van der Waals surface area contributed by atoms with Crippen LogP contribution in [0.3, 0.4) is 0 Å². The van der Waals surface area contributed by atoms with E-state index in [9.17, 15) is 4.79 Å². The number of nitrogens with one attached hydrogen (secondary N) is 2. The third-order valence-corrected chi connectivity index (χ3v) is 3.43. The molecule has 0 atom stereocenters. The fourth-order valence-corrected chi connectivity index (χ4v) is 2.15. The molecule has 0 aromatic heterocycles. The summed E-state index contributed by atoms with van der Waals surface area (Å²) in [5.41, 5.74) is 11.3. The number of hydrogen-bond donors (Lipinski definition) is 3. The number of piperazine rings is 1. The van der Waals surface area contributed by atoms with Gasteiger partial charge in [-0.2, -0.15) is 0 Å². The molecule has 2 rings (SSSR count). The summed E-state index contributed by atoms with van der Waals surface area (Å²) in [5.74, 6) is -0.0751. The first-order valence-corrected chi connectivity index (χ1v) is 6.98. The Bertz CT molecular complexity index is 469. The van der Waals surface area contributed by atoms with Gasteiger partial charge in [-0.25, -0.2) is 5.01 Å². The summed E-state index contributed by atoms with van der Waals surface area (Å²) >= 11 is 0. The van der Waals surface area contributed by atoms with E-state index >= 15 is 0 Å². The maximum atomic E-state index is 11.8. The van der Waals surface area contributed by atoms with Crippen LogP contribution in [0.25, 0.3) is 0 Å². The van der Waals surface area contributed by atoms with E-state index < -0.39 is 0 Å². The molecule has 110 valence electrons. The van der Waals surface area contributed by atoms with Crippen molar-refractivity contribution >= 4 is 17.3 Å². The lowest BCUT2D eigenvalue weighted by Gasteiger charge is -2.33. The van der Waals surface area contributed by atoms with Crippen molar-refractivity contribution < 1.29 is 4.79 Å². The van der Waals surface area contributed by atoms with E-state index in [2.05, 4.69) is 27.7 Å². The third-order valence-electron chi connectivity index (χ3n) is 3.43. The Morgan fingerprint density at radius 3 is 2.65 bits per heavy atom. The molecule has 1 aliphatic heterocycles. The molecule has 0 spiro atoms. The van der Waals surface area contributed by atoms with E-state index in [1.54, 1.807) is 18.2 Å². The summed E-state index contributed by atoms with van der Waals surface area (Å²) in [6, 6.07) is 5.32. The molecule has 1 heterocycles. The summed E-state index contributed by atoms with van der Waals surface area (Å²) in [7, 11) is 2.11. The third kappa shape index (κ3) is 3.61. The molecule has 20 heavy (non-hydrogen) atoms. The first kappa shape index (κ1) is 14.6. The van der Waals surface area contributed by atoms with Gasteiger partial charge >= 0.3 is 0 Å². The largest absolute Gasteiger partial charge is 0.397 e. The van der Waals surface area contributed by atoms with Crippen molar-refractivity contribution in [1.82, 2.24) is 15.2 Å². The zero-order chi connectivity index (χ0) is 14.5. The van der Waals surface area contributed by atoms with Gasteiger partial charge in [-0.05, 0) is 32.2 Å². The molecule has 1 aromatic carbocycles. The fraction of sp³-hybridized carbons (Fsp3) is 0.500. The lowest BCUT2D eigenvalue weighted by atomic mass is 10.1. The van der Waals surface area contributed by atoms with Crippen molar-refractivity contribution in [2.24, 2.45) is 0 Å². The summed E-state index contributed by atoms with van der Waals surface area (Å²) in [4.78, 5) is 14.1. The van der Waals surface area contributed by atoms with Crippen LogP contribution in [0.2, 0.25) is 0 Å². The summed E-state index contributed by atoms with van der Waals surface area (Å²) in [5, 5.41) is 4.92. The smallest absolute Gasteiger partial charge is 0.251 e. The maximum absolute atomic E-state index is 11.8. The van der Waals surface area contributed by atoms with Gasteiger partial charge in [0.15, 0.2) is 0 Å². The second-order valence-electron chi connectivity index (χ2n) is 5.06. The quantitative estimate of drug-likeness (QED) is 0.703. The number of amides is 1. The van der Waals surface area contributed by atoms with Crippen molar-refractivity contribution in [2.75, 3.05) is 50.9 Å². The first-order valence-electron chi connectivity index (χ1n) is 6.98. The van der Waals surface area contributed by atoms with E-state index in [4.69, 9.17) is 5.73 Å². The summed E-state index contributed by atoms with van der Waals surface area (Å²) in [6.07, 6.45) is 0. The summed E-state index contributed by atoms with van der Waals surface area (Å²) in [6.45, 7) is 6.41. The second kappa shape index (κ2) is 6.58. The zero-order valence-electron chi connectivity index (χ0n) is 12.1. The van der Waals surface area contributed by atoms with Crippen LogP contribution in [0.15, 0.2) is 18.2 Å². The molecule has 1 fully saturated rings. The average molecular weight is 277 g/mol. The van der Waals surface area contributed by atoms with Crippen LogP contribution in [0.1, 0.15) is 17.3 Å². The molecule has 0 aliphatic carbocycles. The van der Waals surface area contributed by atoms with Crippen molar-refractivity contribution in [3.8, 4) is 0 Å². The van der Waals surface area contributed by atoms with E-state index in [0.29, 0.717) is 17.8 Å². The van der Waals surface area contributed by atoms with Crippen molar-refractivity contribution in [1.29, 1.82) is 0 Å². The molecular weight excluding hydrogens is 254 g/mol. The number of carbonyl (C=O) groups is 1. The topological polar surface area (TPSA) is 73.6 Å². The molecule has 1 aromatic rings. The summed E-state index contributed by atoms with van der Waals surface area (Å²) < 4.78 is 0. The first-order chi connectivity index (χ1) is 9.60. The molecule has 0 radical (unpaired) electrons. The van der Waals surface area contributed by atoms with Crippen LogP contribution < -0.4 is 16.5 Å². The number of hydrazine groups is 1. The van der Waals surface area contributed by atoms with Crippen LogP contribution in [-0.2, 0) is 0 Å². The van der Waals surface area contributed by atoms with Gasteiger partial charge in [0.25, 0.3) is 5.91 Å². The number of hydrogen-bond acceptors (Lipinski definition) is 5. The molecule has 0 unspecified atom stereocenters. The minimum absolute atomic E-state index is 0.0751. The van der Waals surface area contributed by atoms with Gasteiger partial charge in [0, 0.05) is 38.3 Å². The molecule has 6 nitrogen and oxygen atoms in total. The van der Waals surface area contributed by atoms with Gasteiger partial charge in [-0.15, -0.1) is 0 Å². The Labute approximate surface area is 119 Å². The normalized spacial score (nSPS) is 16.9. The minimum Gasteiger partial charge on any atom is -0.397 e. The number of benzene rings is 1. The molecule has 6 heteroatoms. The number of rotatable bonds is 4. The van der Waals surface area contributed by atoms with E-state index in [1.807, 2.05) is 6.92 Å². The van der Waals surface area contributed by atoms with Crippen LogP contribution in [0.5, 0.6) is 0 Å². The van der Waals surface area contributed by atoms with Crippen LogP contribution >= 0.6 is 0 Å². The monoisotopic (exact) mass is 277 g/mol. The number of likely N-dealkylation sites (N-methyl/N-ethyl adjacent to an activating group) is 1. The predicted octanol–water partition coefficient (Wildman–Crippen LogP) is 0.593. The highest BCUT2D eigenvalue weighted by Crippen LogP contribution is 2.21. The van der Waals surface area contributed by atoms with Gasteiger partial charge < -0.3 is 21.4 Å². The van der Waals surface area contributed by atoms with Crippen LogP contribution in [0, 0.1) is 0 Å². The average Bonchev–Trinajstić information content (AvgIpc) is 2.44. The van der Waals surface area contributed by atoms with Gasteiger partial charge in [0.1, 0.15) is 0 Å². The SMILES string of the molecule is CCNC(=O)c1ccc(N)c(NN2CCN(C)CC2)c1. The molecule has 4 N–H and O–H groups in total. The molecule has 0 saturated carbocycles. The molecular formula is C14H23N5O. The van der Waals surface area contributed by atoms with Gasteiger partial charge in [-0.1, -0.05) is 0 Å². The Kier molecular flexibility index (Phi) is 4.81. The number of nitrogens with zero attached hydrogens (tertiary/aromatic N) is 2. The predicted molar refractivity (Wildman–Crippen MR) is 81.6 cm³/mol. The number of nitrogens with two attached hydrogens (primary N) is 1. The van der Waals surface area contributed by atoms with Gasteiger partial charge in [0.05, 0.1) is 11.4 Å². The lowest BCUT2D eigenvalue weighted by Crippen LogP contribution is -2.47. The van der Waals surface area contributed by atoms with E-state index in [0.717, 1.165) is 31.9 Å². The second-order valence-corrected chi connectivity index (χ2v) is 5.06. The highest BCUT2D eigenvalue weighted by atomic mass is 16.1. The minimum atomic E-state index is -0.0751. The zero-order valence-corrected chi connectivity index (χ0v) is 12.1. The van der Waals surface area contributed by atoms with Crippen molar-refractivity contribution in [3.63, 3.8) is 0 Å². The Hall–Kier alpha value is -1.79.